The fourth-order valence-electron chi connectivity index (χ4n) is 1.64. The van der Waals surface area contributed by atoms with E-state index in [2.05, 4.69) is 26.1 Å². The van der Waals surface area contributed by atoms with Gasteiger partial charge in [0.1, 0.15) is 5.75 Å². The Balaban J connectivity index is 2.79. The van der Waals surface area contributed by atoms with E-state index >= 15 is 0 Å². The summed E-state index contributed by atoms with van der Waals surface area (Å²) in [6.45, 7) is 8.22. The van der Waals surface area contributed by atoms with Crippen molar-refractivity contribution in [3.05, 3.63) is 27.7 Å². The van der Waals surface area contributed by atoms with Crippen molar-refractivity contribution in [1.29, 1.82) is 0 Å². The maximum absolute atomic E-state index is 6.23. The molecule has 0 aliphatic carbocycles. The molecule has 0 saturated heterocycles. The summed E-state index contributed by atoms with van der Waals surface area (Å²) in [5.41, 5.74) is 0.983. The van der Waals surface area contributed by atoms with Crippen LogP contribution in [0.3, 0.4) is 0 Å². The summed E-state index contributed by atoms with van der Waals surface area (Å²) >= 11 is 12.3. The Labute approximate surface area is 131 Å². The first-order valence-electron chi connectivity index (χ1n) is 6.68. The topological polar surface area (TPSA) is 30.5 Å². The zero-order valence-electron chi connectivity index (χ0n) is 12.6. The summed E-state index contributed by atoms with van der Waals surface area (Å²) in [7, 11) is 1.67. The van der Waals surface area contributed by atoms with E-state index in [1.807, 2.05) is 6.07 Å². The van der Waals surface area contributed by atoms with Crippen LogP contribution in [0.4, 0.5) is 0 Å². The van der Waals surface area contributed by atoms with Gasteiger partial charge in [0.05, 0.1) is 11.6 Å². The lowest BCUT2D eigenvalue weighted by Gasteiger charge is -2.22. The highest BCUT2D eigenvalue weighted by Crippen LogP contribution is 2.32. The fraction of sp³-hybridized carbons (Fsp3) is 0.600. The molecule has 0 aliphatic heterocycles. The van der Waals surface area contributed by atoms with Crippen LogP contribution in [0.25, 0.3) is 0 Å². The molecule has 0 saturated carbocycles. The molecule has 0 unspecified atom stereocenters. The van der Waals surface area contributed by atoms with E-state index in [9.17, 15) is 0 Å². The van der Waals surface area contributed by atoms with Crippen molar-refractivity contribution >= 4 is 23.2 Å². The number of halogens is 2. The first-order chi connectivity index (χ1) is 9.33. The minimum atomic E-state index is 0.0160. The zero-order chi connectivity index (χ0) is 15.2. The van der Waals surface area contributed by atoms with E-state index in [1.165, 1.54) is 0 Å². The SMILES string of the molecule is COCCCOc1c(Cl)cc(Cl)cc1CNC(C)(C)C. The second-order valence-corrected chi connectivity index (χ2v) is 6.52. The highest BCUT2D eigenvalue weighted by Gasteiger charge is 2.14. The van der Waals surface area contributed by atoms with Crippen LogP contribution in [0.2, 0.25) is 10.0 Å². The van der Waals surface area contributed by atoms with Crippen molar-refractivity contribution in [2.24, 2.45) is 0 Å². The van der Waals surface area contributed by atoms with E-state index in [0.29, 0.717) is 35.6 Å². The average molecular weight is 320 g/mol. The van der Waals surface area contributed by atoms with Crippen molar-refractivity contribution < 1.29 is 9.47 Å². The summed E-state index contributed by atoms with van der Waals surface area (Å²) in [4.78, 5) is 0. The second-order valence-electron chi connectivity index (χ2n) is 5.67. The Morgan fingerprint density at radius 2 is 1.85 bits per heavy atom. The fourth-order valence-corrected chi connectivity index (χ4v) is 2.23. The van der Waals surface area contributed by atoms with E-state index < -0.39 is 0 Å². The van der Waals surface area contributed by atoms with Gasteiger partial charge in [0.15, 0.2) is 0 Å². The van der Waals surface area contributed by atoms with Crippen molar-refractivity contribution in [1.82, 2.24) is 5.32 Å². The van der Waals surface area contributed by atoms with Crippen LogP contribution in [0, 0.1) is 0 Å². The number of hydrogen-bond donors (Lipinski definition) is 1. The third-order valence-electron chi connectivity index (χ3n) is 2.63. The van der Waals surface area contributed by atoms with Crippen molar-refractivity contribution in [3.8, 4) is 5.75 Å². The Kier molecular flexibility index (Phi) is 7.10. The molecule has 114 valence electrons. The van der Waals surface area contributed by atoms with Crippen LogP contribution < -0.4 is 10.1 Å². The van der Waals surface area contributed by atoms with Crippen LogP contribution in [0.1, 0.15) is 32.8 Å². The predicted molar refractivity (Wildman–Crippen MR) is 85.0 cm³/mol. The average Bonchev–Trinajstić information content (AvgIpc) is 2.33. The van der Waals surface area contributed by atoms with E-state index in [4.69, 9.17) is 32.7 Å². The lowest BCUT2D eigenvalue weighted by Crippen LogP contribution is -2.35. The number of nitrogens with one attached hydrogen (secondary N) is 1. The molecule has 0 aromatic heterocycles. The lowest BCUT2D eigenvalue weighted by molar-refractivity contribution is 0.171. The summed E-state index contributed by atoms with van der Waals surface area (Å²) in [6, 6.07) is 3.59. The molecule has 0 heterocycles. The predicted octanol–water partition coefficient (Wildman–Crippen LogP) is 4.30. The summed E-state index contributed by atoms with van der Waals surface area (Å²) in [5.74, 6) is 0.698. The number of rotatable bonds is 7. The monoisotopic (exact) mass is 319 g/mol. The van der Waals surface area contributed by atoms with Gasteiger partial charge in [0, 0.05) is 42.8 Å². The van der Waals surface area contributed by atoms with Gasteiger partial charge in [0.2, 0.25) is 0 Å². The maximum atomic E-state index is 6.23. The smallest absolute Gasteiger partial charge is 0.142 e. The summed E-state index contributed by atoms with van der Waals surface area (Å²) in [6.07, 6.45) is 0.821. The largest absolute Gasteiger partial charge is 0.492 e. The van der Waals surface area contributed by atoms with Gasteiger partial charge in [-0.15, -0.1) is 0 Å². The molecule has 0 bridgehead atoms. The van der Waals surface area contributed by atoms with Gasteiger partial charge in [-0.25, -0.2) is 0 Å². The first-order valence-corrected chi connectivity index (χ1v) is 7.44. The van der Waals surface area contributed by atoms with Crippen molar-refractivity contribution in [2.45, 2.75) is 39.3 Å². The van der Waals surface area contributed by atoms with Crippen LogP contribution in [-0.2, 0) is 11.3 Å². The summed E-state index contributed by atoms with van der Waals surface area (Å²) in [5, 5.41) is 4.57. The maximum Gasteiger partial charge on any atom is 0.142 e. The Bertz CT molecular complexity index is 431. The highest BCUT2D eigenvalue weighted by molar-refractivity contribution is 6.35. The normalized spacial score (nSPS) is 11.7. The van der Waals surface area contributed by atoms with Crippen molar-refractivity contribution in [3.63, 3.8) is 0 Å². The minimum absolute atomic E-state index is 0.0160. The molecule has 1 aromatic rings. The lowest BCUT2D eigenvalue weighted by atomic mass is 10.1. The molecule has 0 spiro atoms. The molecule has 1 N–H and O–H groups in total. The van der Waals surface area contributed by atoms with Gasteiger partial charge in [-0.05, 0) is 32.9 Å². The molecular weight excluding hydrogens is 297 g/mol. The van der Waals surface area contributed by atoms with Gasteiger partial charge in [-0.2, -0.15) is 0 Å². The number of methoxy groups -OCH3 is 1. The van der Waals surface area contributed by atoms with E-state index in [0.717, 1.165) is 12.0 Å². The number of hydrogen-bond acceptors (Lipinski definition) is 3. The van der Waals surface area contributed by atoms with Crippen LogP contribution in [-0.4, -0.2) is 25.9 Å². The molecule has 0 radical (unpaired) electrons. The van der Waals surface area contributed by atoms with Gasteiger partial charge in [-0.1, -0.05) is 23.2 Å². The Morgan fingerprint density at radius 1 is 1.15 bits per heavy atom. The third-order valence-corrected chi connectivity index (χ3v) is 3.13. The van der Waals surface area contributed by atoms with Gasteiger partial charge in [0.25, 0.3) is 0 Å². The molecule has 1 aromatic carbocycles. The number of ether oxygens (including phenoxy) is 2. The second kappa shape index (κ2) is 8.08. The van der Waals surface area contributed by atoms with Gasteiger partial charge >= 0.3 is 0 Å². The Morgan fingerprint density at radius 3 is 2.45 bits per heavy atom. The minimum Gasteiger partial charge on any atom is -0.492 e. The van der Waals surface area contributed by atoms with E-state index in [-0.39, 0.29) is 5.54 Å². The molecule has 0 aliphatic rings. The van der Waals surface area contributed by atoms with Gasteiger partial charge < -0.3 is 14.8 Å². The van der Waals surface area contributed by atoms with Crippen molar-refractivity contribution in [2.75, 3.05) is 20.3 Å². The quantitative estimate of drug-likeness (QED) is 0.760. The molecule has 20 heavy (non-hydrogen) atoms. The van der Waals surface area contributed by atoms with Crippen LogP contribution in [0.5, 0.6) is 5.75 Å². The standard InChI is InChI=1S/C15H23Cl2NO2/c1-15(2,3)18-10-11-8-12(16)9-13(17)14(11)20-7-5-6-19-4/h8-9,18H,5-7,10H2,1-4H3. The third kappa shape index (κ3) is 6.31. The molecule has 0 fully saturated rings. The molecule has 5 heteroatoms. The van der Waals surface area contributed by atoms with Crippen LogP contribution in [0.15, 0.2) is 12.1 Å². The Hall–Kier alpha value is -0.480. The first kappa shape index (κ1) is 17.6. The van der Waals surface area contributed by atoms with E-state index in [1.54, 1.807) is 13.2 Å². The molecule has 3 nitrogen and oxygen atoms in total. The zero-order valence-corrected chi connectivity index (χ0v) is 14.1. The summed E-state index contributed by atoms with van der Waals surface area (Å²) < 4.78 is 10.8. The number of benzene rings is 1. The highest BCUT2D eigenvalue weighted by atomic mass is 35.5. The molecule has 0 amide bonds. The molecular formula is C15H23Cl2NO2. The molecule has 1 rings (SSSR count). The van der Waals surface area contributed by atoms with Crippen LogP contribution >= 0.6 is 23.2 Å². The molecule has 0 atom stereocenters. The van der Waals surface area contributed by atoms with Gasteiger partial charge in [-0.3, -0.25) is 0 Å².